The summed E-state index contributed by atoms with van der Waals surface area (Å²) in [6.07, 6.45) is 1.72. The van der Waals surface area contributed by atoms with Crippen LogP contribution in [0.2, 0.25) is 0 Å². The first-order valence-corrected chi connectivity index (χ1v) is 13.9. The summed E-state index contributed by atoms with van der Waals surface area (Å²) >= 11 is 0. The molecule has 0 spiro atoms. The Morgan fingerprint density at radius 3 is 2.47 bits per heavy atom. The van der Waals surface area contributed by atoms with Crippen LogP contribution in [-0.4, -0.2) is 48.5 Å². The number of pyridine rings is 1. The second kappa shape index (κ2) is 9.77. The zero-order chi connectivity index (χ0) is 27.1. The van der Waals surface area contributed by atoms with E-state index >= 15 is 0 Å². The lowest BCUT2D eigenvalue weighted by Gasteiger charge is -2.30. The van der Waals surface area contributed by atoms with Gasteiger partial charge >= 0.3 is 0 Å². The minimum absolute atomic E-state index is 0. The average Bonchev–Trinajstić information content (AvgIpc) is 3.59. The maximum Gasteiger partial charge on any atom is 0.243 e. The first kappa shape index (κ1) is 26.3. The van der Waals surface area contributed by atoms with Gasteiger partial charge in [-0.25, -0.2) is 8.42 Å². The van der Waals surface area contributed by atoms with Gasteiger partial charge in [-0.2, -0.15) is 4.72 Å². The van der Waals surface area contributed by atoms with Crippen LogP contribution < -0.4 is 14.2 Å². The summed E-state index contributed by atoms with van der Waals surface area (Å²) in [6.45, 7) is 2.63. The summed E-state index contributed by atoms with van der Waals surface area (Å²) in [5.41, 5.74) is 0.334. The van der Waals surface area contributed by atoms with E-state index in [0.717, 1.165) is 18.4 Å². The van der Waals surface area contributed by atoms with E-state index in [9.17, 15) is 23.4 Å². The Morgan fingerprint density at radius 2 is 1.82 bits per heavy atom. The first-order chi connectivity index (χ1) is 18.1. The van der Waals surface area contributed by atoms with Crippen molar-refractivity contribution in [3.63, 3.8) is 0 Å². The number of aliphatic hydroxyl groups is 2. The Balaban J connectivity index is 0.00000220. The lowest BCUT2D eigenvalue weighted by molar-refractivity contribution is -0.120. The molecule has 1 aromatic heterocycles. The highest BCUT2D eigenvalue weighted by Gasteiger charge is 2.51. The zero-order valence-electron chi connectivity index (χ0n) is 21.2. The van der Waals surface area contributed by atoms with Crippen molar-refractivity contribution in [2.75, 3.05) is 13.4 Å². The van der Waals surface area contributed by atoms with Gasteiger partial charge in [0.05, 0.1) is 22.6 Å². The molecule has 0 unspecified atom stereocenters. The standard InChI is InChI=1S/C28H30N2O7S.2H2/c1-18(2)28(33,16-31)30-38(34,35)22-9-6-19(7-10-22)23-5-3-4-21(29-23)15-26(32)27(12-13-27)20-8-11-24-25(14-20)37-17-36-24;;/h3-11,14,18,30-31,33H,12-13,15-17H2,1-2H3;2*1H/t28-;;/m1../s1. The fourth-order valence-corrected chi connectivity index (χ4v) is 5.93. The van der Waals surface area contributed by atoms with Crippen LogP contribution in [-0.2, 0) is 26.7 Å². The molecule has 1 atom stereocenters. The van der Waals surface area contributed by atoms with Gasteiger partial charge in [-0.15, -0.1) is 0 Å². The molecule has 204 valence electrons. The van der Waals surface area contributed by atoms with Crippen molar-refractivity contribution in [1.29, 1.82) is 0 Å². The van der Waals surface area contributed by atoms with Crippen LogP contribution >= 0.6 is 0 Å². The number of carbonyl (C=O) groups excluding carboxylic acids is 1. The van der Waals surface area contributed by atoms with Crippen molar-refractivity contribution in [2.45, 2.75) is 49.1 Å². The second-order valence-electron chi connectivity index (χ2n) is 10.1. The maximum atomic E-state index is 13.4. The SMILES string of the molecule is CC(C)[C@](O)(CO)NS(=O)(=O)c1ccc(-c2cccc(CC(=O)C3(c4ccc5c(c4)OCO5)CC3)n2)cc1.[HH].[HH]. The molecular weight excluding hydrogens is 508 g/mol. The number of Topliss-reactive ketones (excluding diaryl/α,β-unsaturated/α-hetero) is 1. The summed E-state index contributed by atoms with van der Waals surface area (Å²) in [5.74, 6) is 0.892. The lowest BCUT2D eigenvalue weighted by atomic mass is 9.88. The summed E-state index contributed by atoms with van der Waals surface area (Å²) in [7, 11) is -4.08. The molecule has 1 aliphatic heterocycles. The number of benzene rings is 2. The number of fused-ring (bicyclic) bond motifs is 1. The summed E-state index contributed by atoms with van der Waals surface area (Å²) < 4.78 is 38.6. The molecular formula is C28H34N2O7S. The Bertz CT molecular complexity index is 1480. The van der Waals surface area contributed by atoms with E-state index in [1.807, 2.05) is 30.3 Å². The molecule has 2 heterocycles. The van der Waals surface area contributed by atoms with E-state index in [-0.39, 0.29) is 26.7 Å². The third-order valence-corrected chi connectivity index (χ3v) is 8.84. The van der Waals surface area contributed by atoms with E-state index in [4.69, 9.17) is 9.47 Å². The number of sulfonamides is 1. The van der Waals surface area contributed by atoms with Gasteiger partial charge in [-0.05, 0) is 60.7 Å². The van der Waals surface area contributed by atoms with Crippen molar-refractivity contribution < 1.29 is 35.8 Å². The molecule has 38 heavy (non-hydrogen) atoms. The van der Waals surface area contributed by atoms with Gasteiger partial charge in [0, 0.05) is 20.5 Å². The molecule has 1 fully saturated rings. The molecule has 1 saturated carbocycles. The van der Waals surface area contributed by atoms with E-state index in [1.165, 1.54) is 12.1 Å². The van der Waals surface area contributed by atoms with Gasteiger partial charge in [0.15, 0.2) is 17.2 Å². The molecule has 2 aliphatic rings. The number of hydrogen-bond donors (Lipinski definition) is 3. The number of aromatic nitrogens is 1. The van der Waals surface area contributed by atoms with E-state index in [0.29, 0.717) is 28.5 Å². The molecule has 0 radical (unpaired) electrons. The van der Waals surface area contributed by atoms with Crippen molar-refractivity contribution >= 4 is 15.8 Å². The van der Waals surface area contributed by atoms with Gasteiger partial charge in [-0.1, -0.05) is 38.1 Å². The minimum Gasteiger partial charge on any atom is -0.454 e. The number of hydrogen-bond acceptors (Lipinski definition) is 8. The molecule has 10 heteroatoms. The number of carbonyl (C=O) groups is 1. The summed E-state index contributed by atoms with van der Waals surface area (Å²) in [5, 5.41) is 19.9. The third-order valence-electron chi connectivity index (χ3n) is 7.33. The van der Waals surface area contributed by atoms with Gasteiger partial charge in [-0.3, -0.25) is 9.78 Å². The molecule has 1 aliphatic carbocycles. The third kappa shape index (κ3) is 4.92. The molecule has 2 aromatic carbocycles. The van der Waals surface area contributed by atoms with E-state index in [1.54, 1.807) is 32.0 Å². The Hall–Kier alpha value is -3.31. The number of ether oxygens (including phenoxy) is 2. The highest BCUT2D eigenvalue weighted by Crippen LogP contribution is 2.51. The molecule has 3 N–H and O–H groups in total. The minimum atomic E-state index is -4.08. The van der Waals surface area contributed by atoms with Gasteiger partial charge in [0.2, 0.25) is 16.8 Å². The van der Waals surface area contributed by atoms with Crippen LogP contribution in [0.4, 0.5) is 0 Å². The fraction of sp³-hybridized carbons (Fsp3) is 0.357. The van der Waals surface area contributed by atoms with E-state index in [2.05, 4.69) is 9.71 Å². The predicted molar refractivity (Wildman–Crippen MR) is 143 cm³/mol. The first-order valence-electron chi connectivity index (χ1n) is 12.4. The van der Waals surface area contributed by atoms with Crippen molar-refractivity contribution in [3.05, 3.63) is 71.9 Å². The Morgan fingerprint density at radius 1 is 1.11 bits per heavy atom. The second-order valence-corrected chi connectivity index (χ2v) is 11.8. The van der Waals surface area contributed by atoms with Crippen LogP contribution in [0.3, 0.4) is 0 Å². The number of nitrogens with zero attached hydrogens (tertiary/aromatic N) is 1. The van der Waals surface area contributed by atoms with Crippen LogP contribution in [0.15, 0.2) is 65.6 Å². The van der Waals surface area contributed by atoms with Gasteiger partial charge in [0.1, 0.15) is 5.78 Å². The number of rotatable bonds is 10. The number of aliphatic hydroxyl groups excluding tert-OH is 1. The van der Waals surface area contributed by atoms with Crippen molar-refractivity contribution in [2.24, 2.45) is 5.92 Å². The Kier molecular flexibility index (Phi) is 6.77. The normalized spacial score (nSPS) is 17.3. The molecule has 0 saturated heterocycles. The highest BCUT2D eigenvalue weighted by molar-refractivity contribution is 7.89. The zero-order valence-corrected chi connectivity index (χ0v) is 22.0. The van der Waals surface area contributed by atoms with Crippen LogP contribution in [0.5, 0.6) is 11.5 Å². The molecule has 5 rings (SSSR count). The Labute approximate surface area is 224 Å². The lowest BCUT2D eigenvalue weighted by Crippen LogP contribution is -2.54. The molecule has 0 bridgehead atoms. The number of ketones is 1. The average molecular weight is 543 g/mol. The molecule has 3 aromatic rings. The van der Waals surface area contributed by atoms with Crippen LogP contribution in [0, 0.1) is 5.92 Å². The smallest absolute Gasteiger partial charge is 0.243 e. The topological polar surface area (TPSA) is 135 Å². The van der Waals surface area contributed by atoms with Crippen molar-refractivity contribution in [3.8, 4) is 22.8 Å². The van der Waals surface area contributed by atoms with Gasteiger partial charge in [0.25, 0.3) is 0 Å². The predicted octanol–water partition coefficient (Wildman–Crippen LogP) is 3.43. The van der Waals surface area contributed by atoms with Crippen LogP contribution in [0.25, 0.3) is 11.3 Å². The maximum absolute atomic E-state index is 13.4. The van der Waals surface area contributed by atoms with Gasteiger partial charge < -0.3 is 19.7 Å². The van der Waals surface area contributed by atoms with Crippen molar-refractivity contribution in [1.82, 2.24) is 9.71 Å². The summed E-state index contributed by atoms with van der Waals surface area (Å²) in [6, 6.07) is 17.1. The van der Waals surface area contributed by atoms with E-state index < -0.39 is 33.7 Å². The number of nitrogens with one attached hydrogen (secondary N) is 1. The van der Waals surface area contributed by atoms with Crippen LogP contribution in [0.1, 0.15) is 40.8 Å². The monoisotopic (exact) mass is 542 g/mol. The molecule has 9 nitrogen and oxygen atoms in total. The highest BCUT2D eigenvalue weighted by atomic mass is 32.2. The largest absolute Gasteiger partial charge is 0.454 e. The molecule has 0 amide bonds. The fourth-order valence-electron chi connectivity index (χ4n) is 4.55. The quantitative estimate of drug-likeness (QED) is 0.332. The summed E-state index contributed by atoms with van der Waals surface area (Å²) in [4.78, 5) is 18.0.